The van der Waals surface area contributed by atoms with Crippen LogP contribution in [-0.2, 0) is 14.1 Å². The van der Waals surface area contributed by atoms with Gasteiger partial charge in [0.25, 0.3) is 0 Å². The average Bonchev–Trinajstić information content (AvgIpc) is 3.00. The van der Waals surface area contributed by atoms with Gasteiger partial charge in [-0.2, -0.15) is 0 Å². The summed E-state index contributed by atoms with van der Waals surface area (Å²) in [6.07, 6.45) is 41.3. The molecule has 0 aliphatic carbocycles. The molecular weight excluding hydrogens is 539 g/mol. The molecule has 0 amide bonds. The topological polar surface area (TPSA) is 55.8 Å². The number of carbonyl (C=O) groups is 1. The van der Waals surface area contributed by atoms with Gasteiger partial charge < -0.3 is 14.4 Å². The first-order valence-electron chi connectivity index (χ1n) is 18.5. The third kappa shape index (κ3) is 34.1. The molecule has 250 valence electrons. The number of carbonyl (C=O) groups excluding carboxylic acids is 1. The van der Waals surface area contributed by atoms with Gasteiger partial charge in [-0.3, -0.25) is 4.79 Å². The average molecular weight is 613 g/mol. The summed E-state index contributed by atoms with van der Waals surface area (Å²) in [5.41, 5.74) is 0. The molecule has 0 saturated carbocycles. The summed E-state index contributed by atoms with van der Waals surface area (Å²) in [5.74, 6) is -0.156. The maximum Gasteiger partial charge on any atom is 0.305 e. The van der Waals surface area contributed by atoms with Gasteiger partial charge in [0.15, 0.2) is 0 Å². The molecule has 0 aromatic heterocycles. The van der Waals surface area contributed by atoms with Crippen molar-refractivity contribution in [3.8, 4) is 0 Å². The van der Waals surface area contributed by atoms with Crippen molar-refractivity contribution < 1.29 is 19.2 Å². The van der Waals surface area contributed by atoms with E-state index in [1.165, 1.54) is 161 Å². The van der Waals surface area contributed by atoms with Crippen LogP contribution in [0.5, 0.6) is 0 Å². The van der Waals surface area contributed by atoms with E-state index in [0.717, 1.165) is 19.0 Å². The number of hydrogen-bond acceptors (Lipinski definition) is 4. The quantitative estimate of drug-likeness (QED) is 0.0335. The van der Waals surface area contributed by atoms with Crippen LogP contribution in [0.3, 0.4) is 0 Å². The van der Waals surface area contributed by atoms with Crippen LogP contribution in [0.4, 0.5) is 0 Å². The Morgan fingerprint density at radius 3 is 1.45 bits per heavy atom. The van der Waals surface area contributed by atoms with E-state index in [0.29, 0.717) is 15.2 Å². The van der Waals surface area contributed by atoms with Crippen LogP contribution in [0.1, 0.15) is 194 Å². The van der Waals surface area contributed by atoms with E-state index in [1.54, 1.807) is 0 Å². The summed E-state index contributed by atoms with van der Waals surface area (Å²) in [5, 5.41) is 9.56. The zero-order valence-electron chi connectivity index (χ0n) is 28.3. The fourth-order valence-electron chi connectivity index (χ4n) is 5.29. The second-order valence-electron chi connectivity index (χ2n) is 12.4. The van der Waals surface area contributed by atoms with Gasteiger partial charge in [0.05, 0.1) is 6.61 Å². The molecule has 0 fully saturated rings. The summed E-state index contributed by atoms with van der Waals surface area (Å²) >= 11 is 0. The number of rotatable bonds is 35. The van der Waals surface area contributed by atoms with Crippen molar-refractivity contribution in [1.29, 1.82) is 0 Å². The van der Waals surface area contributed by atoms with Gasteiger partial charge in [0.2, 0.25) is 0 Å². The van der Waals surface area contributed by atoms with Crippen LogP contribution in [0.25, 0.3) is 0 Å². The van der Waals surface area contributed by atoms with E-state index in [4.69, 9.17) is 9.26 Å². The molecule has 0 saturated heterocycles. The Labute approximate surface area is 264 Å². The minimum absolute atomic E-state index is 0.0908. The highest BCUT2D eigenvalue weighted by Gasteiger charge is 2.11. The van der Waals surface area contributed by atoms with Crippen molar-refractivity contribution in [2.45, 2.75) is 200 Å². The lowest BCUT2D eigenvalue weighted by molar-refractivity contribution is -0.146. The highest BCUT2D eigenvalue weighted by atomic mass is 31.1. The molecule has 0 spiro atoms. The Balaban J connectivity index is 3.41. The van der Waals surface area contributed by atoms with Crippen molar-refractivity contribution in [3.63, 3.8) is 0 Å². The maximum atomic E-state index is 12.0. The van der Waals surface area contributed by atoms with Gasteiger partial charge >= 0.3 is 5.97 Å². The standard InChI is InChI=1S/C37H73O4P/c1-3-5-7-9-11-13-15-17-18-19-21-23-25-27-29-31-33-42-41-36(34-38)35-40-37(39)32-30-28-26-24-22-20-16-14-12-10-8-6-4-2/h17-18,36,38,42H,3-16,19-35H2,1-2H3/b18-17-. The summed E-state index contributed by atoms with van der Waals surface area (Å²) in [6, 6.07) is 0. The molecule has 42 heavy (non-hydrogen) atoms. The zero-order chi connectivity index (χ0) is 30.6. The molecule has 2 unspecified atom stereocenters. The SMILES string of the molecule is CCCCCCCC/C=C\CCCCCCCCPOC(CO)COC(=O)CCCCCCCCCCCCCCC. The molecule has 0 radical (unpaired) electrons. The van der Waals surface area contributed by atoms with Crippen LogP contribution in [0.2, 0.25) is 0 Å². The van der Waals surface area contributed by atoms with E-state index < -0.39 is 0 Å². The Morgan fingerprint density at radius 2 is 1.00 bits per heavy atom. The molecule has 2 atom stereocenters. The lowest BCUT2D eigenvalue weighted by Crippen LogP contribution is -2.23. The largest absolute Gasteiger partial charge is 0.463 e. The highest BCUT2D eigenvalue weighted by Crippen LogP contribution is 2.19. The predicted octanol–water partition coefficient (Wildman–Crippen LogP) is 12.0. The van der Waals surface area contributed by atoms with Gasteiger partial charge in [-0.15, -0.1) is 0 Å². The van der Waals surface area contributed by atoms with Crippen LogP contribution < -0.4 is 0 Å². The van der Waals surface area contributed by atoms with Gasteiger partial charge in [0, 0.05) is 15.2 Å². The Kier molecular flexibility index (Phi) is 36.4. The second-order valence-corrected chi connectivity index (χ2v) is 13.5. The number of allylic oxidation sites excluding steroid dienone is 2. The molecule has 1 N–H and O–H groups in total. The second kappa shape index (κ2) is 36.8. The van der Waals surface area contributed by atoms with Crippen molar-refractivity contribution >= 4 is 14.8 Å². The fraction of sp³-hybridized carbons (Fsp3) is 0.919. The van der Waals surface area contributed by atoms with Gasteiger partial charge in [-0.1, -0.05) is 161 Å². The van der Waals surface area contributed by atoms with Crippen LogP contribution in [-0.4, -0.2) is 36.6 Å². The lowest BCUT2D eigenvalue weighted by Gasteiger charge is -2.15. The minimum Gasteiger partial charge on any atom is -0.463 e. The summed E-state index contributed by atoms with van der Waals surface area (Å²) < 4.78 is 11.1. The van der Waals surface area contributed by atoms with E-state index >= 15 is 0 Å². The third-order valence-corrected chi connectivity index (χ3v) is 9.22. The normalized spacial score (nSPS) is 12.6. The molecule has 0 aliphatic rings. The lowest BCUT2D eigenvalue weighted by atomic mass is 10.0. The molecule has 5 heteroatoms. The highest BCUT2D eigenvalue weighted by molar-refractivity contribution is 7.32. The van der Waals surface area contributed by atoms with Crippen molar-refractivity contribution in [1.82, 2.24) is 0 Å². The Hall–Kier alpha value is -0.440. The van der Waals surface area contributed by atoms with E-state index in [9.17, 15) is 9.90 Å². The van der Waals surface area contributed by atoms with E-state index in [2.05, 4.69) is 26.0 Å². The molecule has 0 aromatic carbocycles. The van der Waals surface area contributed by atoms with Crippen LogP contribution in [0.15, 0.2) is 12.2 Å². The molecule has 0 aliphatic heterocycles. The first-order valence-corrected chi connectivity index (χ1v) is 19.7. The number of unbranched alkanes of at least 4 members (excludes halogenated alkanes) is 24. The molecule has 0 heterocycles. The molecule has 0 aromatic rings. The van der Waals surface area contributed by atoms with Crippen molar-refractivity contribution in [2.24, 2.45) is 0 Å². The van der Waals surface area contributed by atoms with Crippen molar-refractivity contribution in [2.75, 3.05) is 19.4 Å². The van der Waals surface area contributed by atoms with Crippen LogP contribution in [0, 0.1) is 0 Å². The van der Waals surface area contributed by atoms with Gasteiger partial charge in [-0.05, 0) is 44.7 Å². The van der Waals surface area contributed by atoms with E-state index in [-0.39, 0.29) is 25.3 Å². The first-order chi connectivity index (χ1) is 20.7. The van der Waals surface area contributed by atoms with Crippen LogP contribution >= 0.6 is 8.81 Å². The number of hydrogen-bond donors (Lipinski definition) is 1. The number of aliphatic hydroxyl groups excluding tert-OH is 1. The first kappa shape index (κ1) is 41.6. The zero-order valence-corrected chi connectivity index (χ0v) is 29.3. The molecule has 4 nitrogen and oxygen atoms in total. The number of ether oxygens (including phenoxy) is 1. The fourth-order valence-corrected chi connectivity index (χ4v) is 6.18. The summed E-state index contributed by atoms with van der Waals surface area (Å²) in [7, 11) is 0.373. The summed E-state index contributed by atoms with van der Waals surface area (Å²) in [4.78, 5) is 12.0. The van der Waals surface area contributed by atoms with E-state index in [1.807, 2.05) is 0 Å². The van der Waals surface area contributed by atoms with Gasteiger partial charge in [-0.25, -0.2) is 0 Å². The Morgan fingerprint density at radius 1 is 0.595 bits per heavy atom. The third-order valence-electron chi connectivity index (χ3n) is 8.16. The van der Waals surface area contributed by atoms with Gasteiger partial charge in [0.1, 0.15) is 12.7 Å². The monoisotopic (exact) mass is 613 g/mol. The predicted molar refractivity (Wildman–Crippen MR) is 186 cm³/mol. The maximum absolute atomic E-state index is 12.0. The number of esters is 1. The number of aliphatic hydroxyl groups is 1. The molecule has 0 rings (SSSR count). The summed E-state index contributed by atoms with van der Waals surface area (Å²) in [6.45, 7) is 4.63. The molecule has 0 bridgehead atoms. The Bertz CT molecular complexity index is 554. The molecular formula is C37H73O4P. The smallest absolute Gasteiger partial charge is 0.305 e. The van der Waals surface area contributed by atoms with Crippen molar-refractivity contribution in [3.05, 3.63) is 12.2 Å². The minimum atomic E-state index is -0.381.